The first-order chi connectivity index (χ1) is 19.8. The van der Waals surface area contributed by atoms with Crippen LogP contribution in [0.3, 0.4) is 0 Å². The Bertz CT molecular complexity index is 545. The molecule has 0 amide bonds. The van der Waals surface area contributed by atoms with E-state index in [0.29, 0.717) is 13.2 Å². The van der Waals surface area contributed by atoms with E-state index in [1.165, 1.54) is 154 Å². The lowest BCUT2D eigenvalue weighted by molar-refractivity contribution is -0.148. The number of esters is 1. The number of nitriles is 1. The topological polar surface area (TPSA) is 59.3 Å². The van der Waals surface area contributed by atoms with Crippen LogP contribution in [0.1, 0.15) is 194 Å². The molecule has 4 nitrogen and oxygen atoms in total. The average molecular weight is 564 g/mol. The highest BCUT2D eigenvalue weighted by Gasteiger charge is 2.19. The van der Waals surface area contributed by atoms with E-state index in [9.17, 15) is 10.1 Å². The summed E-state index contributed by atoms with van der Waals surface area (Å²) in [6, 6.07) is 2.06. The maximum Gasteiger partial charge on any atom is 0.325 e. The van der Waals surface area contributed by atoms with Crippen molar-refractivity contribution in [3.05, 3.63) is 0 Å². The second-order valence-electron chi connectivity index (χ2n) is 12.1. The van der Waals surface area contributed by atoms with Gasteiger partial charge in [0.1, 0.15) is 0 Å². The van der Waals surface area contributed by atoms with Gasteiger partial charge in [-0.25, -0.2) is 0 Å². The summed E-state index contributed by atoms with van der Waals surface area (Å²) in [4.78, 5) is 12.2. The van der Waals surface area contributed by atoms with Crippen LogP contribution in [0, 0.1) is 17.2 Å². The zero-order valence-electron chi connectivity index (χ0n) is 27.2. The molecule has 0 aromatic rings. The predicted molar refractivity (Wildman–Crippen MR) is 172 cm³/mol. The minimum atomic E-state index is -0.793. The molecule has 0 spiro atoms. The molecular weight excluding hydrogens is 494 g/mol. The van der Waals surface area contributed by atoms with Crippen molar-refractivity contribution < 1.29 is 14.3 Å². The van der Waals surface area contributed by atoms with E-state index in [-0.39, 0.29) is 6.61 Å². The molecule has 4 heteroatoms. The van der Waals surface area contributed by atoms with E-state index in [4.69, 9.17) is 9.47 Å². The van der Waals surface area contributed by atoms with E-state index in [0.717, 1.165) is 25.7 Å². The van der Waals surface area contributed by atoms with Gasteiger partial charge in [0.15, 0.2) is 5.92 Å². The van der Waals surface area contributed by atoms with Crippen LogP contribution >= 0.6 is 0 Å². The van der Waals surface area contributed by atoms with Gasteiger partial charge in [0.05, 0.1) is 19.3 Å². The summed E-state index contributed by atoms with van der Waals surface area (Å²) in [5.74, 6) is -1.21. The summed E-state index contributed by atoms with van der Waals surface area (Å²) in [6.07, 6.45) is 36.9. The van der Waals surface area contributed by atoms with Crippen molar-refractivity contribution in [1.29, 1.82) is 5.26 Å². The smallest absolute Gasteiger partial charge is 0.325 e. The number of carbonyl (C=O) groups excluding carboxylic acids is 1. The Kier molecular flexibility index (Phi) is 33.2. The Hall–Kier alpha value is -1.08. The van der Waals surface area contributed by atoms with Crippen LogP contribution < -0.4 is 0 Å². The summed E-state index contributed by atoms with van der Waals surface area (Å²) in [7, 11) is 0. The summed E-state index contributed by atoms with van der Waals surface area (Å²) in [5, 5.41) is 9.32. The molecule has 0 saturated heterocycles. The molecule has 0 aliphatic heterocycles. The molecule has 0 aromatic heterocycles. The van der Waals surface area contributed by atoms with Crippen LogP contribution in [0.25, 0.3) is 0 Å². The number of hydrogen-bond donors (Lipinski definition) is 0. The third kappa shape index (κ3) is 29.9. The molecule has 0 bridgehead atoms. The Morgan fingerprint density at radius 1 is 0.500 bits per heavy atom. The monoisotopic (exact) mass is 564 g/mol. The molecule has 0 fully saturated rings. The van der Waals surface area contributed by atoms with Gasteiger partial charge in [0.25, 0.3) is 0 Å². The molecule has 0 aromatic carbocycles. The maximum atomic E-state index is 12.2. The fraction of sp³-hybridized carbons (Fsp3) is 0.944. The molecule has 0 aliphatic carbocycles. The van der Waals surface area contributed by atoms with Gasteiger partial charge in [-0.3, -0.25) is 4.79 Å². The standard InChI is InChI=1S/C36H69NO3/c1-3-5-7-9-11-13-15-17-19-21-23-25-27-29-31-39-34-35(33-37)36(38)40-32-30-28-26-24-22-20-18-16-14-12-10-8-6-4-2/h35H,3-32,34H2,1-2H3. The second-order valence-corrected chi connectivity index (χ2v) is 12.1. The SMILES string of the molecule is CCCCCCCCCCCCCCCCOCC(C#N)C(=O)OCCCCCCCCCCCCCCCC. The lowest BCUT2D eigenvalue weighted by Gasteiger charge is -2.10. The lowest BCUT2D eigenvalue weighted by Crippen LogP contribution is -2.22. The number of carbonyl (C=O) groups is 1. The number of nitrogens with zero attached hydrogens (tertiary/aromatic N) is 1. The number of hydrogen-bond acceptors (Lipinski definition) is 4. The summed E-state index contributed by atoms with van der Waals surface area (Å²) >= 11 is 0. The van der Waals surface area contributed by atoms with E-state index >= 15 is 0 Å². The largest absolute Gasteiger partial charge is 0.465 e. The highest BCUT2D eigenvalue weighted by Crippen LogP contribution is 2.14. The minimum Gasteiger partial charge on any atom is -0.465 e. The van der Waals surface area contributed by atoms with Crippen molar-refractivity contribution >= 4 is 5.97 Å². The first kappa shape index (κ1) is 38.9. The molecule has 0 radical (unpaired) electrons. The molecule has 0 saturated carbocycles. The fourth-order valence-corrected chi connectivity index (χ4v) is 5.33. The maximum absolute atomic E-state index is 12.2. The van der Waals surface area contributed by atoms with Gasteiger partial charge in [0.2, 0.25) is 0 Å². The van der Waals surface area contributed by atoms with Crippen molar-refractivity contribution in [1.82, 2.24) is 0 Å². The highest BCUT2D eigenvalue weighted by molar-refractivity contribution is 5.75. The number of rotatable bonds is 33. The van der Waals surface area contributed by atoms with Crippen molar-refractivity contribution in [3.63, 3.8) is 0 Å². The Labute approximate surface area is 250 Å². The van der Waals surface area contributed by atoms with Crippen LogP contribution in [0.5, 0.6) is 0 Å². The normalized spacial score (nSPS) is 11.9. The summed E-state index contributed by atoms with van der Waals surface area (Å²) in [6.45, 7) is 5.76. The van der Waals surface area contributed by atoms with Crippen LogP contribution in [0.15, 0.2) is 0 Å². The van der Waals surface area contributed by atoms with Gasteiger partial charge >= 0.3 is 5.97 Å². The Morgan fingerprint density at radius 3 is 1.12 bits per heavy atom. The Balaban J connectivity index is 3.39. The van der Waals surface area contributed by atoms with Crippen LogP contribution in [-0.2, 0) is 14.3 Å². The first-order valence-corrected chi connectivity index (χ1v) is 17.9. The Morgan fingerprint density at radius 2 is 0.800 bits per heavy atom. The molecule has 0 N–H and O–H groups in total. The zero-order valence-corrected chi connectivity index (χ0v) is 27.2. The highest BCUT2D eigenvalue weighted by atomic mass is 16.5. The second kappa shape index (κ2) is 34.1. The van der Waals surface area contributed by atoms with Gasteiger partial charge in [-0.05, 0) is 12.8 Å². The predicted octanol–water partition coefficient (Wildman–Crippen LogP) is 11.6. The first-order valence-electron chi connectivity index (χ1n) is 17.9. The molecule has 1 atom stereocenters. The molecule has 0 aliphatic rings. The van der Waals surface area contributed by atoms with Gasteiger partial charge in [-0.1, -0.05) is 181 Å². The third-order valence-electron chi connectivity index (χ3n) is 8.11. The third-order valence-corrected chi connectivity index (χ3v) is 8.11. The zero-order chi connectivity index (χ0) is 29.2. The summed E-state index contributed by atoms with van der Waals surface area (Å²) < 4.78 is 11.0. The van der Waals surface area contributed by atoms with Gasteiger partial charge in [0, 0.05) is 6.61 Å². The van der Waals surface area contributed by atoms with Crippen molar-refractivity contribution in [2.75, 3.05) is 19.8 Å². The minimum absolute atomic E-state index is 0.159. The van der Waals surface area contributed by atoms with E-state index in [1.807, 2.05) is 0 Å². The van der Waals surface area contributed by atoms with Gasteiger partial charge < -0.3 is 9.47 Å². The van der Waals surface area contributed by atoms with Crippen molar-refractivity contribution in [2.24, 2.45) is 5.92 Å². The van der Waals surface area contributed by atoms with Crippen LogP contribution in [0.2, 0.25) is 0 Å². The van der Waals surface area contributed by atoms with E-state index in [2.05, 4.69) is 19.9 Å². The van der Waals surface area contributed by atoms with Crippen LogP contribution in [-0.4, -0.2) is 25.8 Å². The molecule has 236 valence electrons. The van der Waals surface area contributed by atoms with Crippen molar-refractivity contribution in [2.45, 2.75) is 194 Å². The molecular formula is C36H69NO3. The molecule has 0 heterocycles. The average Bonchev–Trinajstić information content (AvgIpc) is 2.96. The summed E-state index contributed by atoms with van der Waals surface area (Å²) in [5.41, 5.74) is 0. The number of unbranched alkanes of at least 4 members (excludes halogenated alkanes) is 26. The molecule has 0 rings (SSSR count). The number of ether oxygens (including phenoxy) is 2. The molecule has 40 heavy (non-hydrogen) atoms. The quantitative estimate of drug-likeness (QED) is 0.0588. The lowest BCUT2D eigenvalue weighted by atomic mass is 10.0. The molecule has 1 unspecified atom stereocenters. The van der Waals surface area contributed by atoms with Gasteiger partial charge in [-0.15, -0.1) is 0 Å². The van der Waals surface area contributed by atoms with Crippen molar-refractivity contribution in [3.8, 4) is 6.07 Å². The fourth-order valence-electron chi connectivity index (χ4n) is 5.33. The van der Waals surface area contributed by atoms with Crippen LogP contribution in [0.4, 0.5) is 0 Å². The van der Waals surface area contributed by atoms with E-state index < -0.39 is 11.9 Å². The van der Waals surface area contributed by atoms with Gasteiger partial charge in [-0.2, -0.15) is 5.26 Å². The van der Waals surface area contributed by atoms with E-state index in [1.54, 1.807) is 0 Å².